The van der Waals surface area contributed by atoms with Crippen LogP contribution in [0.1, 0.15) is 28.8 Å². The van der Waals surface area contributed by atoms with Crippen molar-refractivity contribution in [1.29, 1.82) is 5.26 Å². The van der Waals surface area contributed by atoms with Crippen LogP contribution in [0.3, 0.4) is 0 Å². The number of carbonyl (C=O) groups excluding carboxylic acids is 1. The average Bonchev–Trinajstić information content (AvgIpc) is 3.66. The molecule has 0 atom stereocenters. The molecule has 2 aliphatic heterocycles. The number of nitrogen functional groups attached to an aromatic ring is 1. The van der Waals surface area contributed by atoms with Gasteiger partial charge in [0.15, 0.2) is 17.3 Å². The number of nitrogens with two attached hydrogens (primary N) is 1. The van der Waals surface area contributed by atoms with E-state index in [0.717, 1.165) is 45.6 Å². The number of carbonyl (C=O) groups is 1. The standard InChI is InChI=1S/C27H31FN10O/c1-35-8-10-36(11-9-35)15-18-2-6-37(7-3-18)23-20(28)13-31-14-21(23)33-26(39)22-24(30)34-38-16-19(12-32-25(22)38)27(17-29)4-5-27/h4-5,12-14,16,18H,2-3,6-11,15H2,1H3,(H2,30,34)(H,33,39). The summed E-state index contributed by atoms with van der Waals surface area (Å²) in [5, 5.41) is 16.5. The van der Waals surface area contributed by atoms with Crippen molar-refractivity contribution in [3.8, 4) is 6.07 Å². The Kier molecular flexibility index (Phi) is 6.40. The molecule has 1 amide bonds. The van der Waals surface area contributed by atoms with Crippen molar-refractivity contribution in [2.45, 2.75) is 18.3 Å². The largest absolute Gasteiger partial charge is 0.381 e. The smallest absolute Gasteiger partial charge is 0.263 e. The molecule has 0 bridgehead atoms. The third kappa shape index (κ3) is 4.79. The molecule has 0 aromatic carbocycles. The zero-order valence-corrected chi connectivity index (χ0v) is 21.8. The monoisotopic (exact) mass is 530 g/mol. The second-order valence-corrected chi connectivity index (χ2v) is 10.7. The van der Waals surface area contributed by atoms with Crippen molar-refractivity contribution >= 4 is 28.7 Å². The van der Waals surface area contributed by atoms with Crippen LogP contribution in [0.15, 0.2) is 36.9 Å². The quantitative estimate of drug-likeness (QED) is 0.459. The molecule has 3 aliphatic rings. The van der Waals surface area contributed by atoms with Crippen LogP contribution in [0.4, 0.5) is 21.6 Å². The van der Waals surface area contributed by atoms with Gasteiger partial charge in [0.25, 0.3) is 5.91 Å². The molecule has 12 heteroatoms. The van der Waals surface area contributed by atoms with Gasteiger partial charge in [0.05, 0.1) is 24.2 Å². The molecule has 202 valence electrons. The van der Waals surface area contributed by atoms with E-state index in [0.29, 0.717) is 30.3 Å². The number of halogens is 1. The third-order valence-electron chi connectivity index (χ3n) is 8.05. The van der Waals surface area contributed by atoms with Crippen LogP contribution in [0.2, 0.25) is 0 Å². The first-order chi connectivity index (χ1) is 18.9. The van der Waals surface area contributed by atoms with Gasteiger partial charge in [-0.15, -0.1) is 5.10 Å². The van der Waals surface area contributed by atoms with Crippen molar-refractivity contribution in [3.63, 3.8) is 0 Å². The number of hydrogen-bond acceptors (Lipinski definition) is 9. The van der Waals surface area contributed by atoms with E-state index in [-0.39, 0.29) is 22.7 Å². The van der Waals surface area contributed by atoms with Gasteiger partial charge in [-0.25, -0.2) is 13.9 Å². The van der Waals surface area contributed by atoms with E-state index < -0.39 is 17.1 Å². The number of anilines is 3. The molecule has 0 unspecified atom stereocenters. The van der Waals surface area contributed by atoms with Gasteiger partial charge in [0.1, 0.15) is 16.7 Å². The first-order valence-electron chi connectivity index (χ1n) is 13.2. The lowest BCUT2D eigenvalue weighted by atomic mass is 9.95. The average molecular weight is 531 g/mol. The van der Waals surface area contributed by atoms with E-state index in [9.17, 15) is 10.1 Å². The fourth-order valence-corrected chi connectivity index (χ4v) is 5.56. The zero-order valence-electron chi connectivity index (χ0n) is 21.8. The van der Waals surface area contributed by atoms with Crippen LogP contribution in [0.25, 0.3) is 5.65 Å². The van der Waals surface area contributed by atoms with E-state index >= 15 is 4.39 Å². The van der Waals surface area contributed by atoms with Gasteiger partial charge in [-0.1, -0.05) is 12.2 Å². The highest BCUT2D eigenvalue weighted by Gasteiger charge is 2.37. The minimum Gasteiger partial charge on any atom is -0.381 e. The summed E-state index contributed by atoms with van der Waals surface area (Å²) in [7, 11) is 2.16. The summed E-state index contributed by atoms with van der Waals surface area (Å²) >= 11 is 0. The molecule has 0 radical (unpaired) electrons. The van der Waals surface area contributed by atoms with Gasteiger partial charge in [-0.3, -0.25) is 9.78 Å². The number of nitrogens with zero attached hydrogens (tertiary/aromatic N) is 8. The number of likely N-dealkylation sites (N-methyl/N-ethyl adjacent to an activating group) is 1. The minimum absolute atomic E-state index is 0.0115. The van der Waals surface area contributed by atoms with Crippen LogP contribution in [0, 0.1) is 23.1 Å². The molecule has 3 aromatic heterocycles. The fraction of sp³-hybridized carbons (Fsp3) is 0.444. The minimum atomic E-state index is -0.787. The summed E-state index contributed by atoms with van der Waals surface area (Å²) in [4.78, 5) is 28.6. The Bertz CT molecular complexity index is 1470. The van der Waals surface area contributed by atoms with E-state index in [1.807, 2.05) is 4.90 Å². The third-order valence-corrected chi connectivity index (χ3v) is 8.05. The Morgan fingerprint density at radius 2 is 1.92 bits per heavy atom. The second kappa shape index (κ2) is 9.91. The Balaban J connectivity index is 1.17. The van der Waals surface area contributed by atoms with Crippen LogP contribution < -0.4 is 16.0 Å². The molecule has 39 heavy (non-hydrogen) atoms. The highest BCUT2D eigenvalue weighted by molar-refractivity contribution is 6.12. The molecule has 5 heterocycles. The second-order valence-electron chi connectivity index (χ2n) is 10.7. The van der Waals surface area contributed by atoms with Crippen molar-refractivity contribution < 1.29 is 9.18 Å². The van der Waals surface area contributed by atoms with Gasteiger partial charge < -0.3 is 25.8 Å². The Hall–Kier alpha value is -4.08. The zero-order chi connectivity index (χ0) is 27.1. The Labute approximate surface area is 225 Å². The van der Waals surface area contributed by atoms with Gasteiger partial charge >= 0.3 is 0 Å². The summed E-state index contributed by atoms with van der Waals surface area (Å²) in [5.41, 5.74) is 6.89. The predicted molar refractivity (Wildman–Crippen MR) is 145 cm³/mol. The predicted octanol–water partition coefficient (Wildman–Crippen LogP) is 1.89. The summed E-state index contributed by atoms with van der Waals surface area (Å²) < 4.78 is 16.5. The topological polar surface area (TPSA) is 132 Å². The Morgan fingerprint density at radius 3 is 2.62 bits per heavy atom. The Morgan fingerprint density at radius 1 is 1.18 bits per heavy atom. The summed E-state index contributed by atoms with van der Waals surface area (Å²) in [6.45, 7) is 6.82. The molecular formula is C27H31FN10O. The molecule has 0 spiro atoms. The number of amides is 1. The highest BCUT2D eigenvalue weighted by Crippen LogP contribution is 2.38. The van der Waals surface area contributed by atoms with Gasteiger partial charge in [-0.05, 0) is 25.8 Å². The number of allylic oxidation sites excluding steroid dienone is 2. The van der Waals surface area contributed by atoms with E-state index in [1.54, 1.807) is 18.3 Å². The first kappa shape index (κ1) is 25.2. The number of aromatic nitrogens is 4. The van der Waals surface area contributed by atoms with Crippen molar-refractivity contribution in [2.75, 3.05) is 68.8 Å². The van der Waals surface area contributed by atoms with E-state index in [2.05, 4.69) is 43.3 Å². The van der Waals surface area contributed by atoms with Crippen LogP contribution >= 0.6 is 0 Å². The maximum atomic E-state index is 15.1. The van der Waals surface area contributed by atoms with Gasteiger partial charge in [0, 0.05) is 63.8 Å². The number of nitriles is 1. The van der Waals surface area contributed by atoms with Crippen molar-refractivity contribution in [1.82, 2.24) is 29.4 Å². The number of rotatable bonds is 6. The molecule has 6 rings (SSSR count). The van der Waals surface area contributed by atoms with Crippen LogP contribution in [-0.2, 0) is 5.41 Å². The lowest BCUT2D eigenvalue weighted by Gasteiger charge is -2.39. The van der Waals surface area contributed by atoms with E-state index in [1.165, 1.54) is 23.1 Å². The molecule has 1 aliphatic carbocycles. The maximum Gasteiger partial charge on any atom is 0.263 e. The lowest BCUT2D eigenvalue weighted by molar-refractivity contribution is 0.102. The maximum absolute atomic E-state index is 15.1. The molecule has 0 saturated carbocycles. The molecule has 2 saturated heterocycles. The van der Waals surface area contributed by atoms with E-state index in [4.69, 9.17) is 5.73 Å². The number of hydrogen-bond donors (Lipinski definition) is 2. The lowest BCUT2D eigenvalue weighted by Crippen LogP contribution is -2.47. The number of nitrogens with one attached hydrogen (secondary N) is 1. The summed E-state index contributed by atoms with van der Waals surface area (Å²) in [6.07, 6.45) is 11.2. The van der Waals surface area contributed by atoms with Crippen LogP contribution in [0.5, 0.6) is 0 Å². The number of fused-ring (bicyclic) bond motifs is 1. The number of piperazine rings is 1. The van der Waals surface area contributed by atoms with Gasteiger partial charge in [0.2, 0.25) is 0 Å². The van der Waals surface area contributed by atoms with Crippen molar-refractivity contribution in [2.24, 2.45) is 5.92 Å². The molecule has 2 fully saturated rings. The molecule has 3 aromatic rings. The SMILES string of the molecule is CN1CCN(CC2CCN(c3c(F)cncc3NC(=O)c3c(N)nn4cc(C5(C#N)C=C5)cnc34)CC2)CC1. The number of piperidine rings is 1. The molecule has 11 nitrogen and oxygen atoms in total. The summed E-state index contributed by atoms with van der Waals surface area (Å²) in [5.74, 6) is -0.490. The van der Waals surface area contributed by atoms with Crippen molar-refractivity contribution in [3.05, 3.63) is 53.9 Å². The highest BCUT2D eigenvalue weighted by atomic mass is 19.1. The van der Waals surface area contributed by atoms with Gasteiger partial charge in [-0.2, -0.15) is 5.26 Å². The number of pyridine rings is 1. The molecular weight excluding hydrogens is 499 g/mol. The summed E-state index contributed by atoms with van der Waals surface area (Å²) in [6, 6.07) is 2.22. The fourth-order valence-electron chi connectivity index (χ4n) is 5.56. The molecule has 3 N–H and O–H groups in total. The normalized spacial score (nSPS) is 19.8. The van der Waals surface area contributed by atoms with Crippen LogP contribution in [-0.4, -0.2) is 88.2 Å². The first-order valence-corrected chi connectivity index (χ1v) is 13.2.